The van der Waals surface area contributed by atoms with Gasteiger partial charge in [-0.15, -0.1) is 0 Å². The molecule has 0 bridgehead atoms. The third-order valence-electron chi connectivity index (χ3n) is 4.61. The maximum atomic E-state index is 9.38. The maximum absolute atomic E-state index is 9.38. The molecule has 3 aromatic heterocycles. The summed E-state index contributed by atoms with van der Waals surface area (Å²) in [6.45, 7) is 5.84. The number of aryl methyl sites for hydroxylation is 2. The molecule has 6 N–H and O–H groups in total. The van der Waals surface area contributed by atoms with Crippen molar-refractivity contribution < 1.29 is 37.4 Å². The molecule has 0 radical (unpaired) electrons. The summed E-state index contributed by atoms with van der Waals surface area (Å²) in [5.41, 5.74) is 11.3. The number of hydrogen-bond acceptors (Lipinski definition) is 9. The number of rotatable bonds is 6. The number of nitrogens with two attached hydrogens (primary N) is 1. The molecule has 0 fully saturated rings. The van der Waals surface area contributed by atoms with Crippen LogP contribution in [0.2, 0.25) is 0 Å². The molecule has 9 nitrogen and oxygen atoms in total. The van der Waals surface area contributed by atoms with Gasteiger partial charge in [-0.2, -0.15) is 4.57 Å². The molecule has 3 aromatic rings. The highest BCUT2D eigenvalue weighted by atomic mass is 35.5. The van der Waals surface area contributed by atoms with Crippen LogP contribution in [-0.2, 0) is 26.2 Å². The average molecular weight is 470 g/mol. The predicted octanol–water partition coefficient (Wildman–Crippen LogP) is -2.31. The number of halogens is 1. The molecule has 3 heterocycles. The van der Waals surface area contributed by atoms with Crippen LogP contribution < -0.4 is 22.7 Å². The van der Waals surface area contributed by atoms with Gasteiger partial charge < -0.3 is 38.6 Å². The molecule has 31 heavy (non-hydrogen) atoms. The zero-order valence-corrected chi connectivity index (χ0v) is 19.3. The summed E-state index contributed by atoms with van der Waals surface area (Å²) in [5.74, 6) is 1.18. The van der Waals surface area contributed by atoms with Crippen LogP contribution in [0.3, 0.4) is 0 Å². The van der Waals surface area contributed by atoms with Crippen LogP contribution in [-0.4, -0.2) is 42.0 Å². The number of nitrogen functional groups attached to an aromatic ring is 1. The van der Waals surface area contributed by atoms with Crippen LogP contribution in [0.5, 0.6) is 5.75 Å². The summed E-state index contributed by atoms with van der Waals surface area (Å²) in [6, 6.07) is 0. The van der Waals surface area contributed by atoms with Gasteiger partial charge in [-0.05, 0) is 13.8 Å². The van der Waals surface area contributed by atoms with Gasteiger partial charge in [0, 0.05) is 43.5 Å². The molecule has 0 aromatic carbocycles. The van der Waals surface area contributed by atoms with Crippen LogP contribution in [0.25, 0.3) is 0 Å². The average Bonchev–Trinajstić information content (AvgIpc) is 3.06. The van der Waals surface area contributed by atoms with Crippen molar-refractivity contribution in [2.45, 2.75) is 47.0 Å². The second-order valence-electron chi connectivity index (χ2n) is 6.67. The molecule has 0 atom stereocenters. The minimum atomic E-state index is -0.287. The number of aromatic nitrogens is 4. The van der Waals surface area contributed by atoms with E-state index in [4.69, 9.17) is 21.1 Å². The lowest BCUT2D eigenvalue weighted by Crippen LogP contribution is -3.00. The molecule has 0 saturated heterocycles. The van der Waals surface area contributed by atoms with Gasteiger partial charge in [0.1, 0.15) is 17.4 Å². The highest BCUT2D eigenvalue weighted by Gasteiger charge is 2.17. The van der Waals surface area contributed by atoms with Gasteiger partial charge in [-0.3, -0.25) is 4.98 Å². The Kier molecular flexibility index (Phi) is 10.7. The van der Waals surface area contributed by atoms with Gasteiger partial charge in [0.2, 0.25) is 5.51 Å². The highest BCUT2D eigenvalue weighted by Crippen LogP contribution is 2.23. The van der Waals surface area contributed by atoms with Crippen molar-refractivity contribution in [3.8, 4) is 5.75 Å². The molecular formula is C20H28ClN5O4S. The van der Waals surface area contributed by atoms with Crippen LogP contribution in [0.1, 0.15) is 38.8 Å². The number of nitrogens with zero attached hydrogens (tertiary/aromatic N) is 4. The standard InChI is InChI=1S/C12H17N4OS.C8H11NO3.ClH/c1-8-11(3-4-17)18-7-16(8)6-10-5-14-9(2)15-12(10)13;1-5-8(12)7(4-11)6(3-10)2-9-5;/h5,7,17H,3-4,6H2,1-2H3,(H2,13,14,15);2,10-12H,3-4H2,1H3;1H/q+1;;/p-1. The summed E-state index contributed by atoms with van der Waals surface area (Å²) in [7, 11) is 0. The van der Waals surface area contributed by atoms with Crippen LogP contribution in [0, 0.1) is 20.8 Å². The van der Waals surface area contributed by atoms with E-state index in [9.17, 15) is 5.11 Å². The maximum Gasteiger partial charge on any atom is 0.225 e. The number of aromatic hydroxyl groups is 1. The molecule has 0 spiro atoms. The monoisotopic (exact) mass is 469 g/mol. The number of anilines is 1. The first-order valence-corrected chi connectivity index (χ1v) is 10.2. The van der Waals surface area contributed by atoms with E-state index in [-0.39, 0.29) is 38.0 Å². The molecule has 0 aliphatic heterocycles. The van der Waals surface area contributed by atoms with Crippen LogP contribution >= 0.6 is 11.3 Å². The van der Waals surface area contributed by atoms with E-state index >= 15 is 0 Å². The lowest BCUT2D eigenvalue weighted by molar-refractivity contribution is -0.689. The van der Waals surface area contributed by atoms with Crippen LogP contribution in [0.4, 0.5) is 5.82 Å². The normalized spacial score (nSPS) is 10.3. The van der Waals surface area contributed by atoms with E-state index in [2.05, 4.69) is 19.5 Å². The molecule has 11 heteroatoms. The Morgan fingerprint density at radius 3 is 2.29 bits per heavy atom. The number of hydrogen-bond donors (Lipinski definition) is 5. The van der Waals surface area contributed by atoms with E-state index in [1.54, 1.807) is 24.5 Å². The molecule has 0 aliphatic carbocycles. The summed E-state index contributed by atoms with van der Waals surface area (Å²) in [6.07, 6.45) is 3.91. The van der Waals surface area contributed by atoms with Gasteiger partial charge >= 0.3 is 0 Å². The molecule has 0 unspecified atom stereocenters. The van der Waals surface area contributed by atoms with Crippen molar-refractivity contribution in [2.75, 3.05) is 12.3 Å². The van der Waals surface area contributed by atoms with Crippen molar-refractivity contribution in [1.82, 2.24) is 15.0 Å². The number of aliphatic hydroxyl groups excluding tert-OH is 3. The van der Waals surface area contributed by atoms with E-state index < -0.39 is 0 Å². The summed E-state index contributed by atoms with van der Waals surface area (Å²) >= 11 is 1.65. The number of pyridine rings is 1. The van der Waals surface area contributed by atoms with Crippen molar-refractivity contribution in [1.29, 1.82) is 0 Å². The van der Waals surface area contributed by atoms with Gasteiger partial charge in [0.25, 0.3) is 0 Å². The van der Waals surface area contributed by atoms with E-state index in [0.29, 0.717) is 41.4 Å². The number of thiazole rings is 1. The summed E-state index contributed by atoms with van der Waals surface area (Å²) in [5, 5.41) is 36.0. The zero-order chi connectivity index (χ0) is 22.3. The van der Waals surface area contributed by atoms with Gasteiger partial charge in [-0.1, -0.05) is 11.3 Å². The van der Waals surface area contributed by atoms with Crippen LogP contribution in [0.15, 0.2) is 17.9 Å². The Bertz CT molecular complexity index is 1000. The minimum Gasteiger partial charge on any atom is -1.00 e. The van der Waals surface area contributed by atoms with Gasteiger partial charge in [0.15, 0.2) is 12.2 Å². The van der Waals surface area contributed by atoms with Crippen molar-refractivity contribution in [3.05, 3.63) is 56.7 Å². The topological polar surface area (TPSA) is 149 Å². The molecule has 0 saturated carbocycles. The third-order valence-corrected chi connectivity index (χ3v) is 5.76. The van der Waals surface area contributed by atoms with Crippen molar-refractivity contribution in [2.24, 2.45) is 0 Å². The van der Waals surface area contributed by atoms with E-state index in [1.807, 2.05) is 19.4 Å². The summed E-state index contributed by atoms with van der Waals surface area (Å²) < 4.78 is 2.11. The lowest BCUT2D eigenvalue weighted by Gasteiger charge is -2.07. The Hall–Kier alpha value is -2.37. The fourth-order valence-electron chi connectivity index (χ4n) is 2.76. The lowest BCUT2D eigenvalue weighted by atomic mass is 10.1. The molecular weight excluding hydrogens is 442 g/mol. The first kappa shape index (κ1) is 26.7. The minimum absolute atomic E-state index is 0. The van der Waals surface area contributed by atoms with Crippen molar-refractivity contribution in [3.63, 3.8) is 0 Å². The van der Waals surface area contributed by atoms with Crippen molar-refractivity contribution >= 4 is 17.2 Å². The molecule has 3 rings (SSSR count). The predicted molar refractivity (Wildman–Crippen MR) is 113 cm³/mol. The fraction of sp³-hybridized carbons (Fsp3) is 0.400. The quantitative estimate of drug-likeness (QED) is 0.253. The summed E-state index contributed by atoms with van der Waals surface area (Å²) in [4.78, 5) is 13.4. The number of aliphatic hydroxyl groups is 3. The Labute approximate surface area is 191 Å². The largest absolute Gasteiger partial charge is 1.00 e. The van der Waals surface area contributed by atoms with Gasteiger partial charge in [0.05, 0.1) is 29.3 Å². The Morgan fingerprint density at radius 2 is 1.71 bits per heavy atom. The molecule has 170 valence electrons. The van der Waals surface area contributed by atoms with E-state index in [0.717, 1.165) is 11.3 Å². The zero-order valence-electron chi connectivity index (χ0n) is 17.7. The molecule has 0 amide bonds. The first-order chi connectivity index (χ1) is 14.3. The first-order valence-electron chi connectivity index (χ1n) is 9.35. The Morgan fingerprint density at radius 1 is 1.03 bits per heavy atom. The molecule has 0 aliphatic rings. The second-order valence-corrected chi connectivity index (χ2v) is 7.61. The highest BCUT2D eigenvalue weighted by molar-refractivity contribution is 7.09. The second kappa shape index (κ2) is 12.5. The smallest absolute Gasteiger partial charge is 0.225 e. The third kappa shape index (κ3) is 6.81. The fourth-order valence-corrected chi connectivity index (χ4v) is 3.75. The van der Waals surface area contributed by atoms with E-state index in [1.165, 1.54) is 11.1 Å². The SMILES string of the molecule is Cc1ncc(CO)c(CO)c1O.Cc1ncc(C[n+]2csc(CCO)c2C)c(N)n1.[Cl-]. The van der Waals surface area contributed by atoms with Gasteiger partial charge in [-0.25, -0.2) is 9.97 Å². The Balaban J connectivity index is 0.000000324.